The first kappa shape index (κ1) is 10.6. The minimum atomic E-state index is -1.04. The first-order valence-corrected chi connectivity index (χ1v) is 5.03. The minimum Gasteiger partial charge on any atom is -0.229 e. The molecule has 0 aliphatic carbocycles. The molecule has 0 aromatic carbocycles. The van der Waals surface area contributed by atoms with E-state index in [1.807, 2.05) is 6.08 Å². The third-order valence-corrected chi connectivity index (χ3v) is 2.94. The molecule has 0 radical (unpaired) electrons. The van der Waals surface area contributed by atoms with Crippen LogP contribution in [0.5, 0.6) is 0 Å². The zero-order valence-electron chi connectivity index (χ0n) is 5.91. The SMILES string of the molecule is CCCCC=C(Br)C(F)Br. The summed E-state index contributed by atoms with van der Waals surface area (Å²) in [6.45, 7) is 2.11. The van der Waals surface area contributed by atoms with Crippen LogP contribution in [0.2, 0.25) is 0 Å². The molecule has 60 valence electrons. The van der Waals surface area contributed by atoms with E-state index in [9.17, 15) is 4.39 Å². The molecule has 0 nitrogen and oxygen atoms in total. The Kier molecular flexibility index (Phi) is 6.75. The third kappa shape index (κ3) is 5.42. The Hall–Kier alpha value is 0.630. The number of rotatable bonds is 4. The van der Waals surface area contributed by atoms with Crippen molar-refractivity contribution < 1.29 is 4.39 Å². The van der Waals surface area contributed by atoms with Gasteiger partial charge in [-0.3, -0.25) is 0 Å². The van der Waals surface area contributed by atoms with Crippen molar-refractivity contribution in [1.29, 1.82) is 0 Å². The third-order valence-electron chi connectivity index (χ3n) is 1.11. The van der Waals surface area contributed by atoms with Crippen molar-refractivity contribution >= 4 is 31.9 Å². The molecule has 0 heterocycles. The van der Waals surface area contributed by atoms with Crippen LogP contribution in [-0.2, 0) is 0 Å². The van der Waals surface area contributed by atoms with E-state index < -0.39 is 5.08 Å². The second-order valence-electron chi connectivity index (χ2n) is 2.03. The summed E-state index contributed by atoms with van der Waals surface area (Å²) in [5.74, 6) is 0. The molecule has 3 heteroatoms. The van der Waals surface area contributed by atoms with Crippen molar-refractivity contribution in [1.82, 2.24) is 0 Å². The van der Waals surface area contributed by atoms with Gasteiger partial charge in [0.25, 0.3) is 0 Å². The van der Waals surface area contributed by atoms with Gasteiger partial charge in [0.1, 0.15) is 0 Å². The minimum absolute atomic E-state index is 0.598. The van der Waals surface area contributed by atoms with Crippen LogP contribution in [0.1, 0.15) is 26.2 Å². The van der Waals surface area contributed by atoms with Gasteiger partial charge in [-0.05, 0) is 22.4 Å². The predicted octanol–water partition coefficient (Wildman–Crippen LogP) is 4.15. The number of alkyl halides is 2. The molecular weight excluding hydrogens is 263 g/mol. The highest BCUT2D eigenvalue weighted by Crippen LogP contribution is 2.20. The molecule has 10 heavy (non-hydrogen) atoms. The highest BCUT2D eigenvalue weighted by atomic mass is 79.9. The lowest BCUT2D eigenvalue weighted by Crippen LogP contribution is -1.84. The molecule has 1 unspecified atom stereocenters. The molecule has 0 aliphatic rings. The second kappa shape index (κ2) is 6.35. The summed E-state index contributed by atoms with van der Waals surface area (Å²) in [6, 6.07) is 0. The summed E-state index contributed by atoms with van der Waals surface area (Å²) >= 11 is 5.92. The Balaban J connectivity index is 3.48. The van der Waals surface area contributed by atoms with Gasteiger partial charge in [-0.25, -0.2) is 4.39 Å². The van der Waals surface area contributed by atoms with Crippen LogP contribution in [-0.4, -0.2) is 5.08 Å². The molecule has 0 saturated heterocycles. The van der Waals surface area contributed by atoms with Gasteiger partial charge in [0.2, 0.25) is 0 Å². The summed E-state index contributed by atoms with van der Waals surface area (Å²) in [5, 5.41) is -1.04. The van der Waals surface area contributed by atoms with E-state index in [1.165, 1.54) is 0 Å². The molecule has 1 atom stereocenters. The van der Waals surface area contributed by atoms with Crippen molar-refractivity contribution in [2.24, 2.45) is 0 Å². The number of halogens is 3. The average molecular weight is 274 g/mol. The first-order chi connectivity index (χ1) is 4.68. The molecule has 0 aromatic rings. The Morgan fingerprint density at radius 3 is 2.70 bits per heavy atom. The lowest BCUT2D eigenvalue weighted by atomic mass is 10.2. The van der Waals surface area contributed by atoms with Gasteiger partial charge in [0.15, 0.2) is 5.08 Å². The van der Waals surface area contributed by atoms with Gasteiger partial charge in [-0.15, -0.1) is 0 Å². The molecule has 0 aliphatic heterocycles. The van der Waals surface area contributed by atoms with E-state index in [0.717, 1.165) is 19.3 Å². The first-order valence-electron chi connectivity index (χ1n) is 3.32. The summed E-state index contributed by atoms with van der Waals surface area (Å²) in [4.78, 5) is 0. The highest BCUT2D eigenvalue weighted by Gasteiger charge is 2.02. The lowest BCUT2D eigenvalue weighted by molar-refractivity contribution is 0.524. The Bertz CT molecular complexity index is 110. The van der Waals surface area contributed by atoms with Crippen molar-refractivity contribution in [2.45, 2.75) is 31.3 Å². The van der Waals surface area contributed by atoms with Crippen LogP contribution in [0.4, 0.5) is 4.39 Å². The fourth-order valence-electron chi connectivity index (χ4n) is 0.533. The topological polar surface area (TPSA) is 0 Å². The monoisotopic (exact) mass is 272 g/mol. The summed E-state index contributed by atoms with van der Waals surface area (Å²) in [5.41, 5.74) is 0. The fraction of sp³-hybridized carbons (Fsp3) is 0.714. The molecule has 0 N–H and O–H groups in total. The van der Waals surface area contributed by atoms with Gasteiger partial charge < -0.3 is 0 Å². The van der Waals surface area contributed by atoms with E-state index in [1.54, 1.807) is 0 Å². The average Bonchev–Trinajstić information content (AvgIpc) is 1.88. The summed E-state index contributed by atoms with van der Waals surface area (Å²) in [7, 11) is 0. The van der Waals surface area contributed by atoms with Crippen molar-refractivity contribution in [3.05, 3.63) is 10.6 Å². The Morgan fingerprint density at radius 1 is 1.70 bits per heavy atom. The van der Waals surface area contributed by atoms with E-state index in [0.29, 0.717) is 4.48 Å². The molecule has 0 spiro atoms. The van der Waals surface area contributed by atoms with E-state index in [4.69, 9.17) is 0 Å². The van der Waals surface area contributed by atoms with Crippen molar-refractivity contribution in [3.8, 4) is 0 Å². The molecule has 0 amide bonds. The summed E-state index contributed by atoms with van der Waals surface area (Å²) < 4.78 is 12.9. The van der Waals surface area contributed by atoms with E-state index in [2.05, 4.69) is 38.8 Å². The molecule has 0 bridgehead atoms. The molecule has 0 rings (SSSR count). The van der Waals surface area contributed by atoms with Crippen LogP contribution < -0.4 is 0 Å². The predicted molar refractivity (Wildman–Crippen MR) is 50.4 cm³/mol. The maximum atomic E-state index is 12.3. The van der Waals surface area contributed by atoms with Crippen LogP contribution in [0.15, 0.2) is 10.6 Å². The van der Waals surface area contributed by atoms with Gasteiger partial charge in [0, 0.05) is 4.48 Å². The van der Waals surface area contributed by atoms with Crippen molar-refractivity contribution in [2.75, 3.05) is 0 Å². The number of unbranched alkanes of at least 4 members (excludes halogenated alkanes) is 2. The molecule has 0 aromatic heterocycles. The van der Waals surface area contributed by atoms with E-state index in [-0.39, 0.29) is 0 Å². The second-order valence-corrected chi connectivity index (χ2v) is 3.75. The normalized spacial score (nSPS) is 15.4. The fourth-order valence-corrected chi connectivity index (χ4v) is 0.949. The van der Waals surface area contributed by atoms with Crippen molar-refractivity contribution in [3.63, 3.8) is 0 Å². The number of hydrogen-bond acceptors (Lipinski definition) is 0. The molecular formula is C7H11Br2F. The number of allylic oxidation sites excluding steroid dienone is 2. The highest BCUT2D eigenvalue weighted by molar-refractivity contribution is 9.14. The van der Waals surface area contributed by atoms with Gasteiger partial charge in [0.05, 0.1) is 0 Å². The Morgan fingerprint density at radius 2 is 2.30 bits per heavy atom. The lowest BCUT2D eigenvalue weighted by Gasteiger charge is -1.96. The standard InChI is InChI=1S/C7H11Br2F/c1-2-3-4-5-6(8)7(9)10/h5,7H,2-4H2,1H3. The smallest absolute Gasteiger partial charge is 0.186 e. The summed E-state index contributed by atoms with van der Waals surface area (Å²) in [6.07, 6.45) is 5.08. The molecule has 0 saturated carbocycles. The van der Waals surface area contributed by atoms with Gasteiger partial charge >= 0.3 is 0 Å². The van der Waals surface area contributed by atoms with Crippen LogP contribution in [0, 0.1) is 0 Å². The maximum Gasteiger partial charge on any atom is 0.186 e. The molecule has 0 fully saturated rings. The number of hydrogen-bond donors (Lipinski definition) is 0. The van der Waals surface area contributed by atoms with Crippen LogP contribution in [0.3, 0.4) is 0 Å². The van der Waals surface area contributed by atoms with Crippen LogP contribution in [0.25, 0.3) is 0 Å². The largest absolute Gasteiger partial charge is 0.229 e. The van der Waals surface area contributed by atoms with Gasteiger partial charge in [-0.1, -0.05) is 41.8 Å². The quantitative estimate of drug-likeness (QED) is 0.533. The van der Waals surface area contributed by atoms with E-state index >= 15 is 0 Å². The van der Waals surface area contributed by atoms with Gasteiger partial charge in [-0.2, -0.15) is 0 Å². The zero-order valence-corrected chi connectivity index (χ0v) is 9.08. The van der Waals surface area contributed by atoms with Crippen LogP contribution >= 0.6 is 31.9 Å². The maximum absolute atomic E-state index is 12.3. The Labute approximate surface area is 78.1 Å². The zero-order chi connectivity index (χ0) is 7.98.